The molecule has 0 N–H and O–H groups in total. The highest BCUT2D eigenvalue weighted by Gasteiger charge is 2.12. The van der Waals surface area contributed by atoms with Crippen molar-refractivity contribution in [3.8, 4) is 0 Å². The average molecular weight is 235 g/mol. The summed E-state index contributed by atoms with van der Waals surface area (Å²) in [5.41, 5.74) is 0. The smallest absolute Gasteiger partial charge is 0.148 e. The Labute approximate surface area is 94.8 Å². The van der Waals surface area contributed by atoms with Gasteiger partial charge in [-0.3, -0.25) is 0 Å². The first-order valence-corrected chi connectivity index (χ1v) is 7.67. The standard InChI is InChI=1S/C11H25NO2S/c1-10(2)8-12(9-11(3)4)6-7-15(5,13)14/h10-11H,6-9H2,1-5H3. The highest BCUT2D eigenvalue weighted by atomic mass is 32.2. The zero-order chi connectivity index (χ0) is 12.1. The van der Waals surface area contributed by atoms with Crippen LogP contribution in [0, 0.1) is 11.8 Å². The van der Waals surface area contributed by atoms with Crippen LogP contribution in [-0.2, 0) is 9.84 Å². The fourth-order valence-electron chi connectivity index (χ4n) is 1.58. The Hall–Kier alpha value is -0.0900. The molecule has 0 atom stereocenters. The molecule has 15 heavy (non-hydrogen) atoms. The molecule has 3 nitrogen and oxygen atoms in total. The Morgan fingerprint density at radius 3 is 1.67 bits per heavy atom. The molecule has 0 aromatic heterocycles. The maximum absolute atomic E-state index is 11.1. The van der Waals surface area contributed by atoms with Crippen molar-refractivity contribution in [3.05, 3.63) is 0 Å². The predicted octanol–water partition coefficient (Wildman–Crippen LogP) is 1.64. The third kappa shape index (κ3) is 10.2. The minimum absolute atomic E-state index is 0.270. The SMILES string of the molecule is CC(C)CN(CCS(C)(=O)=O)CC(C)C. The van der Waals surface area contributed by atoms with E-state index in [9.17, 15) is 8.42 Å². The summed E-state index contributed by atoms with van der Waals surface area (Å²) in [6.45, 7) is 11.3. The topological polar surface area (TPSA) is 37.4 Å². The molecule has 0 rings (SSSR count). The van der Waals surface area contributed by atoms with Gasteiger partial charge in [-0.15, -0.1) is 0 Å². The number of hydrogen-bond donors (Lipinski definition) is 0. The van der Waals surface area contributed by atoms with Gasteiger partial charge in [0.05, 0.1) is 5.75 Å². The highest BCUT2D eigenvalue weighted by Crippen LogP contribution is 2.04. The fourth-order valence-corrected chi connectivity index (χ4v) is 2.17. The van der Waals surface area contributed by atoms with Gasteiger partial charge in [0.1, 0.15) is 9.84 Å². The van der Waals surface area contributed by atoms with Crippen molar-refractivity contribution in [2.24, 2.45) is 11.8 Å². The van der Waals surface area contributed by atoms with Crippen LogP contribution in [0.2, 0.25) is 0 Å². The van der Waals surface area contributed by atoms with Crippen molar-refractivity contribution in [2.45, 2.75) is 27.7 Å². The van der Waals surface area contributed by atoms with Crippen molar-refractivity contribution >= 4 is 9.84 Å². The van der Waals surface area contributed by atoms with Gasteiger partial charge in [0, 0.05) is 25.9 Å². The van der Waals surface area contributed by atoms with Gasteiger partial charge < -0.3 is 4.90 Å². The van der Waals surface area contributed by atoms with Crippen molar-refractivity contribution in [1.29, 1.82) is 0 Å². The predicted molar refractivity (Wildman–Crippen MR) is 65.8 cm³/mol. The first-order valence-electron chi connectivity index (χ1n) is 5.60. The van der Waals surface area contributed by atoms with Gasteiger partial charge in [-0.2, -0.15) is 0 Å². The molecular formula is C11H25NO2S. The second kappa shape index (κ2) is 6.48. The van der Waals surface area contributed by atoms with Crippen molar-refractivity contribution < 1.29 is 8.42 Å². The van der Waals surface area contributed by atoms with E-state index >= 15 is 0 Å². The fraction of sp³-hybridized carbons (Fsp3) is 1.00. The molecule has 0 fully saturated rings. The van der Waals surface area contributed by atoms with Crippen molar-refractivity contribution in [3.63, 3.8) is 0 Å². The molecule has 0 saturated heterocycles. The number of sulfone groups is 1. The average Bonchev–Trinajstić information content (AvgIpc) is 1.96. The summed E-state index contributed by atoms with van der Waals surface area (Å²) in [7, 11) is -2.83. The van der Waals surface area contributed by atoms with Gasteiger partial charge in [0.2, 0.25) is 0 Å². The van der Waals surface area contributed by atoms with Crippen LogP contribution in [0.4, 0.5) is 0 Å². The molecule has 0 aliphatic carbocycles. The molecule has 0 amide bonds. The van der Waals surface area contributed by atoms with Crippen LogP contribution in [-0.4, -0.2) is 45.0 Å². The van der Waals surface area contributed by atoms with E-state index in [-0.39, 0.29) is 5.75 Å². The van der Waals surface area contributed by atoms with Gasteiger partial charge in [-0.1, -0.05) is 27.7 Å². The Balaban J connectivity index is 4.12. The zero-order valence-corrected chi connectivity index (χ0v) is 11.5. The summed E-state index contributed by atoms with van der Waals surface area (Å²) in [6.07, 6.45) is 1.30. The molecule has 0 aromatic carbocycles. The summed E-state index contributed by atoms with van der Waals surface area (Å²) < 4.78 is 22.2. The lowest BCUT2D eigenvalue weighted by Crippen LogP contribution is -2.35. The monoisotopic (exact) mass is 235 g/mol. The van der Waals surface area contributed by atoms with E-state index in [0.29, 0.717) is 18.4 Å². The van der Waals surface area contributed by atoms with E-state index in [1.807, 2.05) is 0 Å². The molecule has 0 aliphatic rings. The molecule has 0 aromatic rings. The quantitative estimate of drug-likeness (QED) is 0.673. The Morgan fingerprint density at radius 1 is 1.00 bits per heavy atom. The van der Waals surface area contributed by atoms with E-state index in [1.165, 1.54) is 6.26 Å². The van der Waals surface area contributed by atoms with E-state index < -0.39 is 9.84 Å². The van der Waals surface area contributed by atoms with Crippen LogP contribution in [0.1, 0.15) is 27.7 Å². The molecule has 0 spiro atoms. The third-order valence-electron chi connectivity index (χ3n) is 2.03. The second-order valence-electron chi connectivity index (χ2n) is 5.18. The third-order valence-corrected chi connectivity index (χ3v) is 2.95. The summed E-state index contributed by atoms with van der Waals surface area (Å²) in [4.78, 5) is 2.25. The molecule has 4 heteroatoms. The highest BCUT2D eigenvalue weighted by molar-refractivity contribution is 7.90. The van der Waals surface area contributed by atoms with E-state index in [4.69, 9.17) is 0 Å². The second-order valence-corrected chi connectivity index (χ2v) is 7.44. The minimum Gasteiger partial charge on any atom is -0.302 e. The molecule has 92 valence electrons. The molecular weight excluding hydrogens is 210 g/mol. The van der Waals surface area contributed by atoms with E-state index in [2.05, 4.69) is 32.6 Å². The van der Waals surface area contributed by atoms with E-state index in [0.717, 1.165) is 13.1 Å². The lowest BCUT2D eigenvalue weighted by Gasteiger charge is -2.25. The summed E-state index contributed by atoms with van der Waals surface area (Å²) in [5.74, 6) is 1.44. The molecule has 0 saturated carbocycles. The molecule has 0 radical (unpaired) electrons. The van der Waals surface area contributed by atoms with E-state index in [1.54, 1.807) is 0 Å². The normalized spacial score (nSPS) is 13.1. The Morgan fingerprint density at radius 2 is 1.40 bits per heavy atom. The van der Waals surface area contributed by atoms with Gasteiger partial charge in [0.25, 0.3) is 0 Å². The van der Waals surface area contributed by atoms with Crippen molar-refractivity contribution in [1.82, 2.24) is 4.90 Å². The number of rotatable bonds is 7. The van der Waals surface area contributed by atoms with Gasteiger partial charge in [-0.05, 0) is 11.8 Å². The van der Waals surface area contributed by atoms with Crippen LogP contribution >= 0.6 is 0 Å². The first kappa shape index (κ1) is 14.9. The first-order chi connectivity index (χ1) is 6.70. The lowest BCUT2D eigenvalue weighted by molar-refractivity contribution is 0.231. The minimum atomic E-state index is -2.83. The molecule has 0 unspecified atom stereocenters. The summed E-state index contributed by atoms with van der Waals surface area (Å²) in [5, 5.41) is 0. The lowest BCUT2D eigenvalue weighted by atomic mass is 10.1. The Kier molecular flexibility index (Phi) is 6.44. The Bertz CT molecular complexity index is 248. The van der Waals surface area contributed by atoms with Crippen LogP contribution < -0.4 is 0 Å². The van der Waals surface area contributed by atoms with Gasteiger partial charge in [-0.25, -0.2) is 8.42 Å². The van der Waals surface area contributed by atoms with Crippen LogP contribution in [0.25, 0.3) is 0 Å². The number of nitrogens with zero attached hydrogens (tertiary/aromatic N) is 1. The maximum Gasteiger partial charge on any atom is 0.148 e. The van der Waals surface area contributed by atoms with Crippen LogP contribution in [0.15, 0.2) is 0 Å². The molecule has 0 aliphatic heterocycles. The summed E-state index contributed by atoms with van der Waals surface area (Å²) >= 11 is 0. The molecule has 0 heterocycles. The molecule has 0 bridgehead atoms. The largest absolute Gasteiger partial charge is 0.302 e. The summed E-state index contributed by atoms with van der Waals surface area (Å²) in [6, 6.07) is 0. The maximum atomic E-state index is 11.1. The van der Waals surface area contributed by atoms with Crippen molar-refractivity contribution in [2.75, 3.05) is 31.6 Å². The van der Waals surface area contributed by atoms with Crippen LogP contribution in [0.5, 0.6) is 0 Å². The van der Waals surface area contributed by atoms with Gasteiger partial charge >= 0.3 is 0 Å². The number of hydrogen-bond acceptors (Lipinski definition) is 3. The van der Waals surface area contributed by atoms with Crippen LogP contribution in [0.3, 0.4) is 0 Å². The van der Waals surface area contributed by atoms with Gasteiger partial charge in [0.15, 0.2) is 0 Å². The zero-order valence-electron chi connectivity index (χ0n) is 10.7.